The van der Waals surface area contributed by atoms with Crippen LogP contribution in [0.15, 0.2) is 16.9 Å². The highest BCUT2D eigenvalue weighted by Gasteiger charge is 2.11. The molecule has 0 radical (unpaired) electrons. The number of fused-ring (bicyclic) bond motifs is 1. The fourth-order valence-corrected chi connectivity index (χ4v) is 2.89. The lowest BCUT2D eigenvalue weighted by Crippen LogP contribution is -2.11. The highest BCUT2D eigenvalue weighted by Crippen LogP contribution is 2.24. The molecule has 0 aliphatic rings. The number of aryl methyl sites for hydroxylation is 1. The number of nitrogen functional groups attached to an aromatic ring is 1. The first kappa shape index (κ1) is 12.3. The maximum Gasteiger partial charge on any atom is 0.170 e. The molecule has 0 bridgehead atoms. The van der Waals surface area contributed by atoms with Gasteiger partial charge < -0.3 is 5.43 Å². The Bertz CT molecular complexity index is 692. The lowest BCUT2D eigenvalue weighted by molar-refractivity contribution is 0.782. The summed E-state index contributed by atoms with van der Waals surface area (Å²) >= 11 is 2.89. The van der Waals surface area contributed by atoms with Crippen molar-refractivity contribution in [2.24, 2.45) is 12.9 Å². The average molecular weight is 294 g/mol. The van der Waals surface area contributed by atoms with E-state index in [1.54, 1.807) is 10.9 Å². The molecule has 0 saturated carbocycles. The van der Waals surface area contributed by atoms with Gasteiger partial charge >= 0.3 is 0 Å². The molecule has 0 spiro atoms. The van der Waals surface area contributed by atoms with Crippen molar-refractivity contribution in [2.75, 3.05) is 5.43 Å². The molecule has 0 aromatic carbocycles. The SMILES string of the molecule is Cn1ncc2c(NN)nc(CSc3ncns3)nc21. The predicted octanol–water partition coefficient (Wildman–Crippen LogP) is 0.793. The Kier molecular flexibility index (Phi) is 3.27. The molecular formula is C9H10N8S2. The van der Waals surface area contributed by atoms with Crippen LogP contribution in [0.3, 0.4) is 0 Å². The van der Waals surface area contributed by atoms with Gasteiger partial charge in [0.15, 0.2) is 15.8 Å². The highest BCUT2D eigenvalue weighted by atomic mass is 32.2. The lowest BCUT2D eigenvalue weighted by atomic mass is 10.4. The molecule has 3 aromatic heterocycles. The van der Waals surface area contributed by atoms with Crippen LogP contribution in [0.4, 0.5) is 5.82 Å². The number of nitrogens with zero attached hydrogens (tertiary/aromatic N) is 6. The number of thioether (sulfide) groups is 1. The smallest absolute Gasteiger partial charge is 0.170 e. The molecule has 0 unspecified atom stereocenters. The number of hydrogen-bond acceptors (Lipinski definition) is 9. The average Bonchev–Trinajstić information content (AvgIpc) is 3.06. The highest BCUT2D eigenvalue weighted by molar-refractivity contribution is 8.00. The van der Waals surface area contributed by atoms with E-state index in [0.717, 1.165) is 15.4 Å². The van der Waals surface area contributed by atoms with Gasteiger partial charge in [-0.1, -0.05) is 11.8 Å². The van der Waals surface area contributed by atoms with Crippen LogP contribution in [0.5, 0.6) is 0 Å². The summed E-state index contributed by atoms with van der Waals surface area (Å²) in [6, 6.07) is 0. The Morgan fingerprint density at radius 2 is 2.37 bits per heavy atom. The molecule has 98 valence electrons. The van der Waals surface area contributed by atoms with E-state index in [0.29, 0.717) is 17.4 Å². The number of rotatable bonds is 4. The minimum absolute atomic E-state index is 0.575. The van der Waals surface area contributed by atoms with Gasteiger partial charge in [-0.05, 0) is 11.5 Å². The van der Waals surface area contributed by atoms with E-state index in [1.165, 1.54) is 29.6 Å². The third kappa shape index (κ3) is 2.37. The van der Waals surface area contributed by atoms with Crippen molar-refractivity contribution in [1.29, 1.82) is 0 Å². The molecule has 0 aliphatic heterocycles. The molecular weight excluding hydrogens is 284 g/mol. The first-order valence-corrected chi connectivity index (χ1v) is 7.08. The molecule has 0 fully saturated rings. The number of aromatic nitrogens is 6. The van der Waals surface area contributed by atoms with E-state index in [1.807, 2.05) is 7.05 Å². The van der Waals surface area contributed by atoms with Gasteiger partial charge in [0.1, 0.15) is 12.2 Å². The van der Waals surface area contributed by atoms with Crippen LogP contribution in [0, 0.1) is 0 Å². The summed E-state index contributed by atoms with van der Waals surface area (Å²) < 4.78 is 6.52. The van der Waals surface area contributed by atoms with Crippen molar-refractivity contribution in [1.82, 2.24) is 29.1 Å². The standard InChI is InChI=1S/C9H10N8S2/c1-17-8-5(2-12-17)7(16-10)14-6(15-8)3-18-9-11-4-13-19-9/h2,4H,3,10H2,1H3,(H,14,15,16). The second-order valence-corrected chi connectivity index (χ2v) is 5.64. The monoisotopic (exact) mass is 294 g/mol. The van der Waals surface area contributed by atoms with Crippen molar-refractivity contribution in [3.05, 3.63) is 18.3 Å². The number of nitrogens with two attached hydrogens (primary N) is 1. The van der Waals surface area contributed by atoms with E-state index in [2.05, 4.69) is 29.8 Å². The quantitative estimate of drug-likeness (QED) is 0.413. The maximum absolute atomic E-state index is 5.48. The summed E-state index contributed by atoms with van der Waals surface area (Å²) in [4.78, 5) is 12.9. The van der Waals surface area contributed by atoms with Crippen LogP contribution < -0.4 is 11.3 Å². The maximum atomic E-state index is 5.48. The minimum Gasteiger partial charge on any atom is -0.308 e. The van der Waals surface area contributed by atoms with E-state index in [9.17, 15) is 0 Å². The van der Waals surface area contributed by atoms with Crippen LogP contribution in [-0.4, -0.2) is 29.1 Å². The van der Waals surface area contributed by atoms with Crippen LogP contribution >= 0.6 is 23.3 Å². The zero-order valence-corrected chi connectivity index (χ0v) is 11.6. The molecule has 0 amide bonds. The zero-order chi connectivity index (χ0) is 13.2. The number of hydrogen-bond donors (Lipinski definition) is 2. The third-order valence-corrected chi connectivity index (χ3v) is 4.23. The van der Waals surface area contributed by atoms with Crippen molar-refractivity contribution in [2.45, 2.75) is 10.1 Å². The predicted molar refractivity (Wildman–Crippen MR) is 73.6 cm³/mol. The van der Waals surface area contributed by atoms with Crippen LogP contribution in [0.1, 0.15) is 5.82 Å². The first-order valence-electron chi connectivity index (χ1n) is 5.32. The molecule has 0 atom stereocenters. The Balaban J connectivity index is 1.92. The normalized spacial score (nSPS) is 11.1. The number of nitrogens with one attached hydrogen (secondary N) is 1. The van der Waals surface area contributed by atoms with Gasteiger partial charge in [-0.15, -0.1) is 0 Å². The Hall–Kier alpha value is -1.78. The van der Waals surface area contributed by atoms with Crippen LogP contribution in [0.2, 0.25) is 0 Å². The van der Waals surface area contributed by atoms with E-state index < -0.39 is 0 Å². The van der Waals surface area contributed by atoms with E-state index in [4.69, 9.17) is 5.84 Å². The van der Waals surface area contributed by atoms with Crippen molar-refractivity contribution in [3.8, 4) is 0 Å². The summed E-state index contributed by atoms with van der Waals surface area (Å²) in [5.41, 5.74) is 3.32. The van der Waals surface area contributed by atoms with E-state index >= 15 is 0 Å². The first-order chi connectivity index (χ1) is 9.28. The van der Waals surface area contributed by atoms with Crippen LogP contribution in [-0.2, 0) is 12.8 Å². The summed E-state index contributed by atoms with van der Waals surface area (Å²) in [7, 11) is 1.83. The number of hydrazine groups is 1. The van der Waals surface area contributed by atoms with Gasteiger partial charge in [-0.2, -0.15) is 9.47 Å². The zero-order valence-electron chi connectivity index (χ0n) is 9.94. The van der Waals surface area contributed by atoms with Gasteiger partial charge in [0, 0.05) is 7.05 Å². The largest absolute Gasteiger partial charge is 0.308 e. The Morgan fingerprint density at radius 3 is 3.11 bits per heavy atom. The molecule has 19 heavy (non-hydrogen) atoms. The van der Waals surface area contributed by atoms with Crippen molar-refractivity contribution in [3.63, 3.8) is 0 Å². The fourth-order valence-electron chi connectivity index (χ4n) is 1.59. The number of anilines is 1. The molecule has 3 heterocycles. The third-order valence-electron chi connectivity index (χ3n) is 2.44. The van der Waals surface area contributed by atoms with Gasteiger partial charge in [0.05, 0.1) is 17.3 Å². The Morgan fingerprint density at radius 1 is 1.47 bits per heavy atom. The van der Waals surface area contributed by atoms with Crippen molar-refractivity contribution >= 4 is 40.1 Å². The fraction of sp³-hybridized carbons (Fsp3) is 0.222. The van der Waals surface area contributed by atoms with Crippen LogP contribution in [0.25, 0.3) is 11.0 Å². The molecule has 8 nitrogen and oxygen atoms in total. The van der Waals surface area contributed by atoms with Gasteiger partial charge in [0.25, 0.3) is 0 Å². The molecule has 0 aliphatic carbocycles. The van der Waals surface area contributed by atoms with Gasteiger partial charge in [-0.3, -0.25) is 4.68 Å². The molecule has 3 N–H and O–H groups in total. The Labute approximate surface area is 116 Å². The summed E-state index contributed by atoms with van der Waals surface area (Å²) in [5.74, 6) is 7.33. The second-order valence-electron chi connectivity index (χ2n) is 3.63. The molecule has 3 aromatic rings. The molecule has 0 saturated heterocycles. The topological polar surface area (TPSA) is 107 Å². The van der Waals surface area contributed by atoms with Gasteiger partial charge in [0.2, 0.25) is 0 Å². The molecule has 3 rings (SSSR count). The molecule has 10 heteroatoms. The minimum atomic E-state index is 0.575. The summed E-state index contributed by atoms with van der Waals surface area (Å²) in [6.45, 7) is 0. The summed E-state index contributed by atoms with van der Waals surface area (Å²) in [5, 5.41) is 4.95. The van der Waals surface area contributed by atoms with Crippen molar-refractivity contribution < 1.29 is 0 Å². The summed E-state index contributed by atoms with van der Waals surface area (Å²) in [6.07, 6.45) is 3.22. The lowest BCUT2D eigenvalue weighted by Gasteiger charge is -2.04. The van der Waals surface area contributed by atoms with Gasteiger partial charge in [-0.25, -0.2) is 20.8 Å². The second kappa shape index (κ2) is 5.07. The van der Waals surface area contributed by atoms with E-state index in [-0.39, 0.29) is 0 Å².